The molecule has 0 amide bonds. The van der Waals surface area contributed by atoms with Crippen LogP contribution in [0.4, 0.5) is 4.39 Å². The molecule has 2 N–H and O–H groups in total. The van der Waals surface area contributed by atoms with Crippen LogP contribution < -0.4 is 5.73 Å². The molecule has 20 heavy (non-hydrogen) atoms. The van der Waals surface area contributed by atoms with Crippen LogP contribution in [0, 0.1) is 5.82 Å². The number of hydrogen-bond donors (Lipinski definition) is 1. The lowest BCUT2D eigenvalue weighted by Crippen LogP contribution is -2.51. The van der Waals surface area contributed by atoms with Gasteiger partial charge in [0.15, 0.2) is 0 Å². The Labute approximate surface area is 121 Å². The third kappa shape index (κ3) is 4.01. The summed E-state index contributed by atoms with van der Waals surface area (Å²) in [6, 6.07) is 7.16. The van der Waals surface area contributed by atoms with Gasteiger partial charge in [0.25, 0.3) is 0 Å². The number of halogens is 1. The number of hydrogen-bond acceptors (Lipinski definition) is 3. The van der Waals surface area contributed by atoms with Crippen LogP contribution in [-0.4, -0.2) is 48.6 Å². The highest BCUT2D eigenvalue weighted by molar-refractivity contribution is 5.19. The molecule has 2 rings (SSSR count). The fourth-order valence-electron chi connectivity index (χ4n) is 2.94. The van der Waals surface area contributed by atoms with Crippen molar-refractivity contribution in [3.63, 3.8) is 0 Å². The summed E-state index contributed by atoms with van der Waals surface area (Å²) in [5, 5.41) is 0. The summed E-state index contributed by atoms with van der Waals surface area (Å²) in [5.74, 6) is -0.203. The molecule has 0 aromatic heterocycles. The van der Waals surface area contributed by atoms with Gasteiger partial charge >= 0.3 is 0 Å². The van der Waals surface area contributed by atoms with Gasteiger partial charge in [-0.3, -0.25) is 4.90 Å². The lowest BCUT2D eigenvalue weighted by Gasteiger charge is -2.39. The van der Waals surface area contributed by atoms with Crippen LogP contribution in [0.15, 0.2) is 24.3 Å². The topological polar surface area (TPSA) is 32.5 Å². The number of benzene rings is 1. The van der Waals surface area contributed by atoms with Crippen molar-refractivity contribution in [2.24, 2.45) is 5.73 Å². The van der Waals surface area contributed by atoms with E-state index in [2.05, 4.69) is 23.6 Å². The van der Waals surface area contributed by atoms with Gasteiger partial charge in [-0.25, -0.2) is 4.39 Å². The lowest BCUT2D eigenvalue weighted by molar-refractivity contribution is 0.0861. The van der Waals surface area contributed by atoms with Gasteiger partial charge < -0.3 is 10.6 Å². The third-order valence-electron chi connectivity index (χ3n) is 4.31. The van der Waals surface area contributed by atoms with E-state index < -0.39 is 0 Å². The van der Waals surface area contributed by atoms with Crippen LogP contribution in [0.1, 0.15) is 31.9 Å². The van der Waals surface area contributed by atoms with E-state index in [1.807, 2.05) is 0 Å². The van der Waals surface area contributed by atoms with E-state index in [4.69, 9.17) is 5.73 Å². The Kier molecular flexibility index (Phi) is 5.52. The highest BCUT2D eigenvalue weighted by Crippen LogP contribution is 2.16. The summed E-state index contributed by atoms with van der Waals surface area (Å²) in [5.41, 5.74) is 7.21. The maximum absolute atomic E-state index is 12.9. The van der Waals surface area contributed by atoms with Gasteiger partial charge in [-0.15, -0.1) is 0 Å². The van der Waals surface area contributed by atoms with Gasteiger partial charge in [0, 0.05) is 38.3 Å². The van der Waals surface area contributed by atoms with Gasteiger partial charge in [-0.2, -0.15) is 0 Å². The van der Waals surface area contributed by atoms with Crippen molar-refractivity contribution < 1.29 is 4.39 Å². The van der Waals surface area contributed by atoms with Crippen molar-refractivity contribution in [3.8, 4) is 0 Å². The third-order valence-corrected chi connectivity index (χ3v) is 4.31. The molecule has 1 aliphatic rings. The Morgan fingerprint density at radius 2 is 2.00 bits per heavy atom. The molecule has 0 bridgehead atoms. The summed E-state index contributed by atoms with van der Waals surface area (Å²) >= 11 is 0. The summed E-state index contributed by atoms with van der Waals surface area (Å²) in [6.45, 7) is 10.0. The van der Waals surface area contributed by atoms with Gasteiger partial charge in [0.05, 0.1) is 0 Å². The molecule has 1 aromatic rings. The van der Waals surface area contributed by atoms with Gasteiger partial charge in [0.2, 0.25) is 0 Å². The quantitative estimate of drug-likeness (QED) is 0.897. The summed E-state index contributed by atoms with van der Waals surface area (Å²) in [6.07, 6.45) is 0.921. The maximum Gasteiger partial charge on any atom is 0.123 e. The summed E-state index contributed by atoms with van der Waals surface area (Å²) in [4.78, 5) is 5.00. The molecule has 0 aliphatic carbocycles. The van der Waals surface area contributed by atoms with E-state index in [9.17, 15) is 4.39 Å². The molecule has 112 valence electrons. The minimum atomic E-state index is -0.203. The Morgan fingerprint density at radius 3 is 2.60 bits per heavy atom. The van der Waals surface area contributed by atoms with E-state index in [0.717, 1.165) is 44.7 Å². The molecule has 1 aliphatic heterocycles. The first-order chi connectivity index (χ1) is 9.60. The molecular formula is C16H26FN3. The lowest BCUT2D eigenvalue weighted by atomic mass is 10.0. The largest absolute Gasteiger partial charge is 0.324 e. The van der Waals surface area contributed by atoms with E-state index >= 15 is 0 Å². The molecule has 1 heterocycles. The van der Waals surface area contributed by atoms with Crippen molar-refractivity contribution in [2.45, 2.75) is 32.4 Å². The smallest absolute Gasteiger partial charge is 0.123 e. The zero-order chi connectivity index (χ0) is 14.5. The minimum Gasteiger partial charge on any atom is -0.324 e. The maximum atomic E-state index is 12.9. The Morgan fingerprint density at radius 1 is 1.30 bits per heavy atom. The molecule has 3 nitrogen and oxygen atoms in total. The van der Waals surface area contributed by atoms with E-state index in [-0.39, 0.29) is 11.9 Å². The molecule has 1 fully saturated rings. The van der Waals surface area contributed by atoms with Crippen molar-refractivity contribution >= 4 is 0 Å². The molecule has 1 saturated heterocycles. The zero-order valence-electron chi connectivity index (χ0n) is 12.6. The normalized spacial score (nSPS) is 22.9. The molecule has 0 spiro atoms. The van der Waals surface area contributed by atoms with Gasteiger partial charge in [0.1, 0.15) is 5.82 Å². The van der Waals surface area contributed by atoms with Crippen molar-refractivity contribution in [1.29, 1.82) is 0 Å². The molecule has 4 heteroatoms. The van der Waals surface area contributed by atoms with Crippen LogP contribution in [0.2, 0.25) is 0 Å². The first-order valence-electron chi connectivity index (χ1n) is 7.57. The average molecular weight is 279 g/mol. The SMILES string of the molecule is CCN1CCN(CCC(N)c2ccc(F)cc2)CC1C. The van der Waals surface area contributed by atoms with Crippen LogP contribution >= 0.6 is 0 Å². The molecule has 0 radical (unpaired) electrons. The number of nitrogens with two attached hydrogens (primary N) is 1. The Bertz CT molecular complexity index is 407. The van der Waals surface area contributed by atoms with E-state index in [0.29, 0.717) is 6.04 Å². The van der Waals surface area contributed by atoms with Crippen molar-refractivity contribution in [2.75, 3.05) is 32.7 Å². The minimum absolute atomic E-state index is 0.00453. The standard InChI is InChI=1S/C16H26FN3/c1-3-20-11-10-19(12-13(20)2)9-8-16(18)14-4-6-15(17)7-5-14/h4-7,13,16H,3,8-12,18H2,1-2H3. The molecule has 2 atom stereocenters. The highest BCUT2D eigenvalue weighted by Gasteiger charge is 2.22. The first kappa shape index (κ1) is 15.4. The number of nitrogens with zero attached hydrogens (tertiary/aromatic N) is 2. The second-order valence-corrected chi connectivity index (χ2v) is 5.72. The fraction of sp³-hybridized carbons (Fsp3) is 0.625. The Hall–Kier alpha value is -0.970. The average Bonchev–Trinajstić information content (AvgIpc) is 2.45. The van der Waals surface area contributed by atoms with Crippen molar-refractivity contribution in [3.05, 3.63) is 35.6 Å². The molecular weight excluding hydrogens is 253 g/mol. The second-order valence-electron chi connectivity index (χ2n) is 5.72. The predicted molar refractivity (Wildman–Crippen MR) is 81.1 cm³/mol. The zero-order valence-corrected chi connectivity index (χ0v) is 12.6. The molecule has 0 saturated carbocycles. The monoisotopic (exact) mass is 279 g/mol. The van der Waals surface area contributed by atoms with Crippen LogP contribution in [-0.2, 0) is 0 Å². The van der Waals surface area contributed by atoms with Crippen LogP contribution in [0.5, 0.6) is 0 Å². The number of rotatable bonds is 5. The first-order valence-corrected chi connectivity index (χ1v) is 7.57. The number of likely N-dealkylation sites (N-methyl/N-ethyl adjacent to an activating group) is 1. The second kappa shape index (κ2) is 7.16. The van der Waals surface area contributed by atoms with E-state index in [1.54, 1.807) is 12.1 Å². The van der Waals surface area contributed by atoms with Crippen LogP contribution in [0.3, 0.4) is 0 Å². The fourth-order valence-corrected chi connectivity index (χ4v) is 2.94. The highest BCUT2D eigenvalue weighted by atomic mass is 19.1. The molecule has 1 aromatic carbocycles. The summed E-state index contributed by atoms with van der Waals surface area (Å²) in [7, 11) is 0. The van der Waals surface area contributed by atoms with Crippen molar-refractivity contribution in [1.82, 2.24) is 9.80 Å². The Balaban J connectivity index is 1.79. The molecule has 2 unspecified atom stereocenters. The van der Waals surface area contributed by atoms with E-state index in [1.165, 1.54) is 12.1 Å². The van der Waals surface area contributed by atoms with Gasteiger partial charge in [-0.05, 0) is 37.6 Å². The predicted octanol–water partition coefficient (Wildman–Crippen LogP) is 2.24. The number of piperazine rings is 1. The summed E-state index contributed by atoms with van der Waals surface area (Å²) < 4.78 is 12.9. The van der Waals surface area contributed by atoms with Gasteiger partial charge in [-0.1, -0.05) is 19.1 Å². The van der Waals surface area contributed by atoms with Crippen LogP contribution in [0.25, 0.3) is 0 Å².